The Labute approximate surface area is 153 Å². The minimum atomic E-state index is -1.65. The molecule has 0 fully saturated rings. The van der Waals surface area contributed by atoms with Crippen molar-refractivity contribution in [1.82, 2.24) is 10.2 Å². The smallest absolute Gasteiger partial charge is 0.263 e. The molecule has 1 aromatic heterocycles. The van der Waals surface area contributed by atoms with E-state index in [9.17, 15) is 9.90 Å². The van der Waals surface area contributed by atoms with Crippen molar-refractivity contribution in [2.45, 2.75) is 19.1 Å². The Hall–Kier alpha value is -2.28. The molecule has 0 spiro atoms. The Kier molecular flexibility index (Phi) is 3.83. The number of rotatable bonds is 3. The Balaban J connectivity index is 1.95. The van der Waals surface area contributed by atoms with Gasteiger partial charge in [-0.3, -0.25) is 4.79 Å². The quantitative estimate of drug-likeness (QED) is 0.763. The molecule has 1 atom stereocenters. The van der Waals surface area contributed by atoms with Crippen LogP contribution in [0.2, 0.25) is 5.02 Å². The number of benzene rings is 2. The summed E-state index contributed by atoms with van der Waals surface area (Å²) in [6, 6.07) is 13.9. The van der Waals surface area contributed by atoms with Gasteiger partial charge in [0, 0.05) is 21.7 Å². The van der Waals surface area contributed by atoms with Crippen molar-refractivity contribution < 1.29 is 9.90 Å². The van der Waals surface area contributed by atoms with Gasteiger partial charge in [-0.15, -0.1) is 10.2 Å². The van der Waals surface area contributed by atoms with Crippen molar-refractivity contribution in [2.24, 2.45) is 0 Å². The molecule has 25 heavy (non-hydrogen) atoms. The van der Waals surface area contributed by atoms with Crippen molar-refractivity contribution in [3.8, 4) is 0 Å². The summed E-state index contributed by atoms with van der Waals surface area (Å²) in [4.78, 5) is 14.3. The number of aliphatic hydroxyl groups is 1. The van der Waals surface area contributed by atoms with Gasteiger partial charge in [-0.2, -0.15) is 0 Å². The van der Waals surface area contributed by atoms with E-state index in [0.29, 0.717) is 33.3 Å². The summed E-state index contributed by atoms with van der Waals surface area (Å²) < 4.78 is 0. The van der Waals surface area contributed by atoms with Crippen LogP contribution in [0.25, 0.3) is 0 Å². The number of amides is 1. The third kappa shape index (κ3) is 2.37. The van der Waals surface area contributed by atoms with E-state index in [1.807, 2.05) is 6.92 Å². The van der Waals surface area contributed by atoms with Gasteiger partial charge < -0.3 is 5.11 Å². The second-order valence-electron chi connectivity index (χ2n) is 5.70. The molecule has 1 aliphatic rings. The minimum Gasteiger partial charge on any atom is -0.363 e. The van der Waals surface area contributed by atoms with Crippen molar-refractivity contribution in [3.05, 3.63) is 75.3 Å². The Morgan fingerprint density at radius 1 is 1.16 bits per heavy atom. The Morgan fingerprint density at radius 3 is 2.56 bits per heavy atom. The maximum atomic E-state index is 13.0. The normalized spacial score (nSPS) is 19.3. The van der Waals surface area contributed by atoms with E-state index in [1.165, 1.54) is 16.2 Å². The molecule has 1 amide bonds. The molecular weight excluding hydrogens is 358 g/mol. The summed E-state index contributed by atoms with van der Waals surface area (Å²) in [5.41, 5.74) is -0.129. The summed E-state index contributed by atoms with van der Waals surface area (Å²) in [7, 11) is 0. The topological polar surface area (TPSA) is 66.3 Å². The predicted molar refractivity (Wildman–Crippen MR) is 97.0 cm³/mol. The van der Waals surface area contributed by atoms with E-state index in [1.54, 1.807) is 48.5 Å². The lowest BCUT2D eigenvalue weighted by Crippen LogP contribution is -2.45. The highest BCUT2D eigenvalue weighted by atomic mass is 35.5. The zero-order valence-corrected chi connectivity index (χ0v) is 14.9. The standard InChI is InChI=1S/C18H14ClN3O2S/c1-2-15-20-21-17(25-15)22-16(23)13-5-3-4-6-14(13)18(22,24)11-7-9-12(19)10-8-11/h3-10,24H,2H2,1H3/t18-/m0/s1. The molecule has 1 N–H and O–H groups in total. The molecular formula is C18H14ClN3O2S. The van der Waals surface area contributed by atoms with Crippen LogP contribution in [0.1, 0.15) is 33.4 Å². The van der Waals surface area contributed by atoms with Gasteiger partial charge in [0.05, 0.1) is 0 Å². The summed E-state index contributed by atoms with van der Waals surface area (Å²) in [5.74, 6) is -0.299. The highest BCUT2D eigenvalue weighted by molar-refractivity contribution is 7.15. The minimum absolute atomic E-state index is 0.299. The van der Waals surface area contributed by atoms with Gasteiger partial charge >= 0.3 is 0 Å². The lowest BCUT2D eigenvalue weighted by Gasteiger charge is -2.32. The van der Waals surface area contributed by atoms with Crippen LogP contribution < -0.4 is 4.90 Å². The highest BCUT2D eigenvalue weighted by Gasteiger charge is 2.51. The Morgan fingerprint density at radius 2 is 1.88 bits per heavy atom. The molecule has 0 saturated carbocycles. The largest absolute Gasteiger partial charge is 0.363 e. The number of aromatic nitrogens is 2. The number of hydrogen-bond donors (Lipinski definition) is 1. The maximum absolute atomic E-state index is 13.0. The Bertz CT molecular complexity index is 957. The molecule has 0 aliphatic carbocycles. The summed E-state index contributed by atoms with van der Waals surface area (Å²) in [6.07, 6.45) is 0.714. The summed E-state index contributed by atoms with van der Waals surface area (Å²) in [6.45, 7) is 1.97. The molecule has 0 unspecified atom stereocenters. The first-order chi connectivity index (χ1) is 12.1. The van der Waals surface area contributed by atoms with Crippen LogP contribution in [0.3, 0.4) is 0 Å². The molecule has 126 valence electrons. The zero-order valence-electron chi connectivity index (χ0n) is 13.3. The molecule has 0 bridgehead atoms. The zero-order chi connectivity index (χ0) is 17.6. The molecule has 4 rings (SSSR count). The first-order valence-electron chi connectivity index (χ1n) is 7.80. The summed E-state index contributed by atoms with van der Waals surface area (Å²) in [5, 5.41) is 21.6. The van der Waals surface area contributed by atoms with Crippen molar-refractivity contribution >= 4 is 34.0 Å². The van der Waals surface area contributed by atoms with Gasteiger partial charge in [-0.1, -0.05) is 60.2 Å². The molecule has 2 heterocycles. The number of nitrogens with zero attached hydrogens (tertiary/aromatic N) is 3. The summed E-state index contributed by atoms with van der Waals surface area (Å²) >= 11 is 7.29. The number of hydrogen-bond acceptors (Lipinski definition) is 5. The van der Waals surface area contributed by atoms with Gasteiger partial charge in [0.15, 0.2) is 0 Å². The fourth-order valence-corrected chi connectivity index (χ4v) is 3.98. The molecule has 1 aliphatic heterocycles. The van der Waals surface area contributed by atoms with Gasteiger partial charge in [-0.05, 0) is 24.6 Å². The number of carbonyl (C=O) groups is 1. The van der Waals surface area contributed by atoms with E-state index in [2.05, 4.69) is 10.2 Å². The fraction of sp³-hybridized carbons (Fsp3) is 0.167. The van der Waals surface area contributed by atoms with Crippen molar-refractivity contribution in [2.75, 3.05) is 4.90 Å². The van der Waals surface area contributed by atoms with E-state index >= 15 is 0 Å². The number of halogens is 1. The van der Waals surface area contributed by atoms with E-state index < -0.39 is 5.72 Å². The van der Waals surface area contributed by atoms with Gasteiger partial charge in [0.25, 0.3) is 5.91 Å². The molecule has 7 heteroatoms. The molecule has 3 aromatic rings. The average Bonchev–Trinajstić information content (AvgIpc) is 3.18. The molecule has 2 aromatic carbocycles. The lowest BCUT2D eigenvalue weighted by atomic mass is 9.94. The third-order valence-electron chi connectivity index (χ3n) is 4.26. The van der Waals surface area contributed by atoms with Crippen LogP contribution in [0.5, 0.6) is 0 Å². The lowest BCUT2D eigenvalue weighted by molar-refractivity contribution is 0.0702. The van der Waals surface area contributed by atoms with E-state index in [0.717, 1.165) is 5.01 Å². The fourth-order valence-electron chi connectivity index (χ4n) is 3.03. The van der Waals surface area contributed by atoms with Crippen LogP contribution in [0.4, 0.5) is 5.13 Å². The molecule has 5 nitrogen and oxygen atoms in total. The SMILES string of the molecule is CCc1nnc(N2C(=O)c3ccccc3[C@@]2(O)c2ccc(Cl)cc2)s1. The first kappa shape index (κ1) is 16.2. The first-order valence-corrected chi connectivity index (χ1v) is 9.00. The van der Waals surface area contributed by atoms with Crippen molar-refractivity contribution in [1.29, 1.82) is 0 Å². The van der Waals surface area contributed by atoms with E-state index in [-0.39, 0.29) is 5.91 Å². The molecule has 0 radical (unpaired) electrons. The highest BCUT2D eigenvalue weighted by Crippen LogP contribution is 2.45. The van der Waals surface area contributed by atoms with Crippen LogP contribution in [-0.2, 0) is 12.1 Å². The maximum Gasteiger partial charge on any atom is 0.263 e. The number of aryl methyl sites for hydroxylation is 1. The van der Waals surface area contributed by atoms with Crippen molar-refractivity contribution in [3.63, 3.8) is 0 Å². The van der Waals surface area contributed by atoms with Crippen LogP contribution in [0, 0.1) is 0 Å². The van der Waals surface area contributed by atoms with Crippen LogP contribution in [-0.4, -0.2) is 21.2 Å². The monoisotopic (exact) mass is 371 g/mol. The number of carbonyl (C=O) groups excluding carboxylic acids is 1. The average molecular weight is 372 g/mol. The molecule has 0 saturated heterocycles. The number of anilines is 1. The second kappa shape index (κ2) is 5.91. The van der Waals surface area contributed by atoms with Gasteiger partial charge in [0.2, 0.25) is 10.9 Å². The second-order valence-corrected chi connectivity index (χ2v) is 7.17. The van der Waals surface area contributed by atoms with Crippen LogP contribution >= 0.6 is 22.9 Å². The van der Waals surface area contributed by atoms with Gasteiger partial charge in [0.1, 0.15) is 5.01 Å². The number of fused-ring (bicyclic) bond motifs is 1. The van der Waals surface area contributed by atoms with E-state index in [4.69, 9.17) is 11.6 Å². The van der Waals surface area contributed by atoms with Gasteiger partial charge in [-0.25, -0.2) is 4.90 Å². The third-order valence-corrected chi connectivity index (χ3v) is 5.56. The van der Waals surface area contributed by atoms with Crippen LogP contribution in [0.15, 0.2) is 48.5 Å². The predicted octanol–water partition coefficient (Wildman–Crippen LogP) is 3.61.